The van der Waals surface area contributed by atoms with Crippen LogP contribution in [0.1, 0.15) is 33.2 Å². The van der Waals surface area contributed by atoms with E-state index in [0.29, 0.717) is 27.1 Å². The molecular formula is C24H21Cl2N5O2. The fraction of sp³-hybridized carbons (Fsp3) is 0.167. The summed E-state index contributed by atoms with van der Waals surface area (Å²) in [5.74, 6) is 0.417. The molecule has 0 spiro atoms. The highest BCUT2D eigenvalue weighted by atomic mass is 35.5. The third-order valence-corrected chi connectivity index (χ3v) is 5.55. The fourth-order valence-electron chi connectivity index (χ4n) is 3.54. The lowest BCUT2D eigenvalue weighted by molar-refractivity contribution is 0.102. The minimum absolute atomic E-state index is 0.208. The number of hydrogen-bond acceptors (Lipinski definition) is 5. The number of amidine groups is 1. The number of amides is 2. The van der Waals surface area contributed by atoms with Crippen LogP contribution in [0.3, 0.4) is 0 Å². The van der Waals surface area contributed by atoms with Gasteiger partial charge in [0.05, 0.1) is 22.3 Å². The Bertz CT molecular complexity index is 1230. The van der Waals surface area contributed by atoms with Gasteiger partial charge in [-0.15, -0.1) is 0 Å². The Morgan fingerprint density at radius 3 is 2.33 bits per heavy atom. The minimum atomic E-state index is -0.464. The van der Waals surface area contributed by atoms with Crippen LogP contribution in [-0.2, 0) is 0 Å². The van der Waals surface area contributed by atoms with Crippen molar-refractivity contribution in [3.8, 4) is 0 Å². The lowest BCUT2D eigenvalue weighted by Gasteiger charge is -2.15. The van der Waals surface area contributed by atoms with Gasteiger partial charge in [0, 0.05) is 35.9 Å². The molecule has 2 amide bonds. The van der Waals surface area contributed by atoms with Gasteiger partial charge in [-0.2, -0.15) is 0 Å². The summed E-state index contributed by atoms with van der Waals surface area (Å²) in [6.07, 6.45) is 1.43. The first kappa shape index (κ1) is 22.8. The molecule has 0 aliphatic carbocycles. The Morgan fingerprint density at radius 1 is 0.970 bits per heavy atom. The van der Waals surface area contributed by atoms with Crippen molar-refractivity contribution < 1.29 is 9.59 Å². The van der Waals surface area contributed by atoms with Crippen LogP contribution in [0.15, 0.2) is 65.8 Å². The molecule has 2 N–H and O–H groups in total. The van der Waals surface area contributed by atoms with Crippen LogP contribution in [0.2, 0.25) is 10.0 Å². The van der Waals surface area contributed by atoms with Crippen molar-refractivity contribution in [1.29, 1.82) is 0 Å². The zero-order valence-electron chi connectivity index (χ0n) is 18.0. The second kappa shape index (κ2) is 9.60. The Labute approximate surface area is 201 Å². The van der Waals surface area contributed by atoms with E-state index in [2.05, 4.69) is 32.4 Å². The summed E-state index contributed by atoms with van der Waals surface area (Å²) < 4.78 is 0. The number of rotatable bonds is 5. The summed E-state index contributed by atoms with van der Waals surface area (Å²) in [5.41, 5.74) is 1.93. The van der Waals surface area contributed by atoms with Crippen molar-refractivity contribution in [3.05, 3.63) is 87.5 Å². The van der Waals surface area contributed by atoms with Crippen LogP contribution in [0.5, 0.6) is 0 Å². The number of nitrogens with zero attached hydrogens (tertiary/aromatic N) is 3. The molecule has 1 aromatic heterocycles. The molecule has 0 bridgehead atoms. The molecule has 4 rings (SSSR count). The number of likely N-dealkylation sites (N-methyl/N-ethyl adjacent to an activating group) is 1. The molecule has 1 atom stereocenters. The van der Waals surface area contributed by atoms with E-state index in [4.69, 9.17) is 23.2 Å². The van der Waals surface area contributed by atoms with E-state index in [1.165, 1.54) is 12.3 Å². The van der Waals surface area contributed by atoms with Crippen LogP contribution in [0.4, 0.5) is 11.5 Å². The molecule has 33 heavy (non-hydrogen) atoms. The highest BCUT2D eigenvalue weighted by Gasteiger charge is 2.20. The van der Waals surface area contributed by atoms with Crippen molar-refractivity contribution >= 4 is 52.4 Å². The number of nitrogens with one attached hydrogen (secondary N) is 2. The van der Waals surface area contributed by atoms with E-state index >= 15 is 0 Å². The molecule has 2 aromatic carbocycles. The molecule has 7 nitrogen and oxygen atoms in total. The maximum Gasteiger partial charge on any atom is 0.258 e. The van der Waals surface area contributed by atoms with Crippen LogP contribution in [0, 0.1) is 0 Å². The minimum Gasteiger partial charge on any atom is -0.357 e. The normalized spacial score (nSPS) is 15.2. The average Bonchev–Trinajstić information content (AvgIpc) is 3.14. The second-order valence-electron chi connectivity index (χ2n) is 7.72. The van der Waals surface area contributed by atoms with Gasteiger partial charge in [0.25, 0.3) is 11.8 Å². The Morgan fingerprint density at radius 2 is 1.70 bits per heavy atom. The summed E-state index contributed by atoms with van der Waals surface area (Å²) >= 11 is 11.9. The Kier molecular flexibility index (Phi) is 6.62. The summed E-state index contributed by atoms with van der Waals surface area (Å²) in [7, 11) is 2.00. The van der Waals surface area contributed by atoms with Crippen molar-refractivity contribution in [2.45, 2.75) is 13.0 Å². The maximum atomic E-state index is 12.9. The lowest BCUT2D eigenvalue weighted by atomic mass is 10.1. The summed E-state index contributed by atoms with van der Waals surface area (Å²) in [6, 6.07) is 15.3. The monoisotopic (exact) mass is 481 g/mol. The molecule has 168 valence electrons. The van der Waals surface area contributed by atoms with Crippen LogP contribution in [0.25, 0.3) is 0 Å². The van der Waals surface area contributed by atoms with Gasteiger partial charge >= 0.3 is 0 Å². The molecule has 3 aromatic rings. The van der Waals surface area contributed by atoms with Gasteiger partial charge in [-0.1, -0.05) is 35.3 Å². The van der Waals surface area contributed by atoms with E-state index in [0.717, 1.165) is 17.9 Å². The molecule has 1 unspecified atom stereocenters. The standard InChI is InChI=1S/C24H21Cl2N5O2/c1-14-13-31(2)22(28-14)15-3-5-16(6-4-15)23(32)29-20-9-7-17(25)11-19(20)24(33)30-21-10-8-18(26)12-27-21/h3-12,14H,13H2,1-2H3,(H,29,32)(H,27,30,33). The Balaban J connectivity index is 1.51. The number of halogens is 2. The van der Waals surface area contributed by atoms with Crippen LogP contribution in [-0.4, -0.2) is 47.2 Å². The first-order chi connectivity index (χ1) is 15.8. The average molecular weight is 482 g/mol. The number of aliphatic imine (C=N–C) groups is 1. The highest BCUT2D eigenvalue weighted by Crippen LogP contribution is 2.23. The molecule has 0 saturated carbocycles. The SMILES string of the molecule is CC1CN(C)C(c2ccc(C(=O)Nc3ccc(Cl)cc3C(=O)Nc3ccc(Cl)cn3)cc2)=N1. The third kappa shape index (κ3) is 5.32. The number of anilines is 2. The molecule has 9 heteroatoms. The number of benzene rings is 2. The van der Waals surface area contributed by atoms with Gasteiger partial charge in [-0.05, 0) is 49.4 Å². The topological polar surface area (TPSA) is 86.7 Å². The predicted octanol–water partition coefficient (Wildman–Crippen LogP) is 4.97. The first-order valence-electron chi connectivity index (χ1n) is 10.2. The lowest BCUT2D eigenvalue weighted by Crippen LogP contribution is -2.24. The first-order valence-corrected chi connectivity index (χ1v) is 11.0. The molecule has 0 saturated heterocycles. The smallest absolute Gasteiger partial charge is 0.258 e. The zero-order chi connectivity index (χ0) is 23.5. The number of aromatic nitrogens is 1. The van der Waals surface area contributed by atoms with Crippen molar-refractivity contribution in [2.24, 2.45) is 4.99 Å². The second-order valence-corrected chi connectivity index (χ2v) is 8.59. The molecule has 1 aliphatic rings. The zero-order valence-corrected chi connectivity index (χ0v) is 19.5. The van der Waals surface area contributed by atoms with Crippen molar-refractivity contribution in [3.63, 3.8) is 0 Å². The molecule has 1 aliphatic heterocycles. The van der Waals surface area contributed by atoms with E-state index in [-0.39, 0.29) is 17.5 Å². The number of carbonyl (C=O) groups excluding carboxylic acids is 2. The van der Waals surface area contributed by atoms with E-state index in [9.17, 15) is 9.59 Å². The van der Waals surface area contributed by atoms with Gasteiger partial charge in [0.15, 0.2) is 0 Å². The quantitative estimate of drug-likeness (QED) is 0.538. The van der Waals surface area contributed by atoms with Crippen molar-refractivity contribution in [2.75, 3.05) is 24.2 Å². The van der Waals surface area contributed by atoms with Gasteiger partial charge in [0.1, 0.15) is 11.7 Å². The van der Waals surface area contributed by atoms with Gasteiger partial charge in [0.2, 0.25) is 0 Å². The summed E-state index contributed by atoms with van der Waals surface area (Å²) in [5, 5.41) is 6.29. The largest absolute Gasteiger partial charge is 0.357 e. The van der Waals surface area contributed by atoms with Crippen LogP contribution >= 0.6 is 23.2 Å². The maximum absolute atomic E-state index is 12.9. The van der Waals surface area contributed by atoms with Gasteiger partial charge < -0.3 is 15.5 Å². The number of carbonyl (C=O) groups is 2. The fourth-order valence-corrected chi connectivity index (χ4v) is 3.82. The van der Waals surface area contributed by atoms with Crippen molar-refractivity contribution in [1.82, 2.24) is 9.88 Å². The van der Waals surface area contributed by atoms with E-state index in [1.807, 2.05) is 19.2 Å². The van der Waals surface area contributed by atoms with Crippen LogP contribution < -0.4 is 10.6 Å². The number of pyridine rings is 1. The van der Waals surface area contributed by atoms with Gasteiger partial charge in [-0.25, -0.2) is 4.98 Å². The summed E-state index contributed by atoms with van der Waals surface area (Å²) in [4.78, 5) is 36.5. The molecule has 0 fully saturated rings. The highest BCUT2D eigenvalue weighted by molar-refractivity contribution is 6.31. The van der Waals surface area contributed by atoms with E-state index in [1.54, 1.807) is 36.4 Å². The number of hydrogen-bond donors (Lipinski definition) is 2. The Hall–Kier alpha value is -3.42. The van der Waals surface area contributed by atoms with Gasteiger partial charge in [-0.3, -0.25) is 14.6 Å². The molecule has 2 heterocycles. The van der Waals surface area contributed by atoms with E-state index < -0.39 is 5.91 Å². The molecular weight excluding hydrogens is 461 g/mol. The third-order valence-electron chi connectivity index (χ3n) is 5.09. The molecule has 0 radical (unpaired) electrons. The summed E-state index contributed by atoms with van der Waals surface area (Å²) in [6.45, 7) is 2.93. The predicted molar refractivity (Wildman–Crippen MR) is 132 cm³/mol.